The lowest BCUT2D eigenvalue weighted by atomic mass is 10.0. The number of sulfonamides is 1. The lowest BCUT2D eigenvalue weighted by Crippen LogP contribution is -2.52. The number of nitrogens with zero attached hydrogens (tertiary/aromatic N) is 4. The Labute approximate surface area is 364 Å². The number of nitrogens with one attached hydrogen (secondary N) is 4. The zero-order valence-electron chi connectivity index (χ0n) is 34.2. The molecule has 2 saturated heterocycles. The van der Waals surface area contributed by atoms with Gasteiger partial charge in [0.1, 0.15) is 11.9 Å². The third-order valence-electron chi connectivity index (χ3n) is 11.1. The van der Waals surface area contributed by atoms with E-state index in [0.29, 0.717) is 84.8 Å². The number of piperidine rings is 2. The van der Waals surface area contributed by atoms with Crippen molar-refractivity contribution in [3.63, 3.8) is 0 Å². The highest BCUT2D eigenvalue weighted by Gasteiger charge is 2.39. The van der Waals surface area contributed by atoms with Crippen molar-refractivity contribution in [1.82, 2.24) is 29.8 Å². The third-order valence-corrected chi connectivity index (χ3v) is 13.6. The number of primary amides is 1. The van der Waals surface area contributed by atoms with Crippen molar-refractivity contribution in [3.05, 3.63) is 74.9 Å². The fraction of sp³-hybridized carbons (Fsp3) is 0.465. The summed E-state index contributed by atoms with van der Waals surface area (Å²) in [7, 11) is -3.55. The van der Waals surface area contributed by atoms with E-state index in [-0.39, 0.29) is 42.5 Å². The standard InChI is InChI=1S/C43H52BrN9O7S/c1-28-12-10-16-34(38(28)39(45)56)49-40-33(44)26-47-43(51-40)48-30-20-23-52(24-21-30)61(59,60)25-22-46-36(54)17-9-7-5-3-2-4-6-8-13-29-14-11-15-31-32(29)27-53(42(31)58)35-18-19-37(55)50-41(35)57/h10-12,14-16,26,30,35H,2-7,9,17-25,27H2,1H3,(H2,45,56)(H,46,54)(H,50,55,57)(H2,47,48,49,51). The van der Waals surface area contributed by atoms with Gasteiger partial charge >= 0.3 is 0 Å². The molecule has 16 nitrogen and oxygen atoms in total. The smallest absolute Gasteiger partial charge is 0.255 e. The Morgan fingerprint density at radius 3 is 2.49 bits per heavy atom. The van der Waals surface area contributed by atoms with Gasteiger partial charge in [0, 0.05) is 68.8 Å². The molecule has 3 aromatic rings. The number of rotatable bonds is 18. The lowest BCUT2D eigenvalue weighted by Gasteiger charge is -2.31. The van der Waals surface area contributed by atoms with E-state index in [0.717, 1.165) is 55.2 Å². The molecule has 3 aliphatic rings. The zero-order chi connectivity index (χ0) is 43.5. The SMILES string of the molecule is Cc1cccc(Nc2nc(NC3CCN(S(=O)(=O)CCNC(=O)CCCCCCCCC#Cc4cccc5c4CN(C4CCC(=O)NC4=O)C5=O)CC3)ncc2Br)c1C(N)=O. The molecule has 2 aromatic carbocycles. The van der Waals surface area contributed by atoms with Gasteiger partial charge in [0.2, 0.25) is 33.7 Å². The molecule has 0 radical (unpaired) electrons. The number of nitrogens with two attached hydrogens (primary N) is 1. The van der Waals surface area contributed by atoms with E-state index in [1.807, 2.05) is 12.1 Å². The first-order valence-corrected chi connectivity index (χ1v) is 23.2. The number of hydrogen-bond acceptors (Lipinski definition) is 11. The maximum atomic E-state index is 13.1. The maximum Gasteiger partial charge on any atom is 0.255 e. The molecule has 6 rings (SSSR count). The Morgan fingerprint density at radius 2 is 1.74 bits per heavy atom. The van der Waals surface area contributed by atoms with Crippen LogP contribution in [0.2, 0.25) is 0 Å². The van der Waals surface area contributed by atoms with Crippen LogP contribution in [0.1, 0.15) is 114 Å². The molecule has 0 spiro atoms. The van der Waals surface area contributed by atoms with Crippen LogP contribution in [0.25, 0.3) is 0 Å². The second-order valence-corrected chi connectivity index (χ2v) is 18.5. The van der Waals surface area contributed by atoms with E-state index in [1.54, 1.807) is 37.4 Å². The Hall–Kier alpha value is -5.38. The second-order valence-electron chi connectivity index (χ2n) is 15.5. The number of amides is 5. The summed E-state index contributed by atoms with van der Waals surface area (Å²) >= 11 is 3.45. The van der Waals surface area contributed by atoms with Crippen molar-refractivity contribution in [3.8, 4) is 11.8 Å². The van der Waals surface area contributed by atoms with Gasteiger partial charge in [-0.05, 0) is 84.3 Å². The van der Waals surface area contributed by atoms with E-state index in [1.165, 1.54) is 9.21 Å². The van der Waals surface area contributed by atoms with Crippen molar-refractivity contribution in [2.24, 2.45) is 5.73 Å². The van der Waals surface area contributed by atoms with Crippen LogP contribution in [0.5, 0.6) is 0 Å². The number of aryl methyl sites for hydroxylation is 1. The number of unbranched alkanes of at least 4 members (excludes halogenated alkanes) is 6. The molecule has 3 aliphatic heterocycles. The van der Waals surface area contributed by atoms with E-state index in [2.05, 4.69) is 59.0 Å². The molecule has 18 heteroatoms. The first-order chi connectivity index (χ1) is 29.3. The van der Waals surface area contributed by atoms with Crippen LogP contribution < -0.4 is 27.0 Å². The number of aromatic nitrogens is 2. The topological polar surface area (TPSA) is 226 Å². The van der Waals surface area contributed by atoms with E-state index in [4.69, 9.17) is 5.73 Å². The van der Waals surface area contributed by atoms with Crippen molar-refractivity contribution in [2.75, 3.05) is 36.0 Å². The number of fused-ring (bicyclic) bond motifs is 1. The minimum atomic E-state index is -3.55. The molecule has 61 heavy (non-hydrogen) atoms. The summed E-state index contributed by atoms with van der Waals surface area (Å²) in [5.41, 5.74) is 9.39. The second kappa shape index (κ2) is 20.9. The molecule has 1 unspecified atom stereocenters. The molecule has 0 bridgehead atoms. The van der Waals surface area contributed by atoms with Crippen LogP contribution in [0, 0.1) is 18.8 Å². The average molecular weight is 919 g/mol. The molecule has 6 N–H and O–H groups in total. The largest absolute Gasteiger partial charge is 0.366 e. The van der Waals surface area contributed by atoms with Crippen LogP contribution in [0.4, 0.5) is 17.5 Å². The minimum absolute atomic E-state index is 0.0492. The third kappa shape index (κ3) is 11.9. The number of carbonyl (C=O) groups excluding carboxylic acids is 5. The van der Waals surface area contributed by atoms with Gasteiger partial charge in [-0.25, -0.2) is 17.7 Å². The number of anilines is 3. The van der Waals surface area contributed by atoms with E-state index >= 15 is 0 Å². The highest BCUT2D eigenvalue weighted by atomic mass is 79.9. The number of hydrogen-bond donors (Lipinski definition) is 5. The van der Waals surface area contributed by atoms with Gasteiger partial charge in [-0.15, -0.1) is 0 Å². The molecule has 5 amide bonds. The van der Waals surface area contributed by atoms with Gasteiger partial charge in [0.05, 0.1) is 21.5 Å². The predicted molar refractivity (Wildman–Crippen MR) is 234 cm³/mol. The summed E-state index contributed by atoms with van der Waals surface area (Å²) < 4.78 is 28.2. The summed E-state index contributed by atoms with van der Waals surface area (Å²) in [6.07, 6.45) is 9.87. The van der Waals surface area contributed by atoms with Crippen LogP contribution in [0.3, 0.4) is 0 Å². The average Bonchev–Trinajstić information content (AvgIpc) is 3.56. The van der Waals surface area contributed by atoms with Crippen molar-refractivity contribution >= 4 is 72.9 Å². The molecule has 0 saturated carbocycles. The molecule has 324 valence electrons. The summed E-state index contributed by atoms with van der Waals surface area (Å²) in [6, 6.07) is 10.1. The summed E-state index contributed by atoms with van der Waals surface area (Å²) in [4.78, 5) is 71.9. The summed E-state index contributed by atoms with van der Waals surface area (Å²) in [6.45, 7) is 2.82. The number of imide groups is 1. The van der Waals surface area contributed by atoms with Crippen molar-refractivity contribution in [1.29, 1.82) is 0 Å². The zero-order valence-corrected chi connectivity index (χ0v) is 36.6. The lowest BCUT2D eigenvalue weighted by molar-refractivity contribution is -0.137. The Kier molecular flexibility index (Phi) is 15.5. The van der Waals surface area contributed by atoms with Gasteiger partial charge < -0.3 is 26.6 Å². The monoisotopic (exact) mass is 917 g/mol. The quantitative estimate of drug-likeness (QED) is 0.0671. The molecule has 4 heterocycles. The van der Waals surface area contributed by atoms with E-state index in [9.17, 15) is 32.4 Å². The fourth-order valence-electron chi connectivity index (χ4n) is 7.82. The van der Waals surface area contributed by atoms with Gasteiger partial charge in [-0.1, -0.05) is 55.7 Å². The number of carbonyl (C=O) groups is 5. The molecular weight excluding hydrogens is 866 g/mol. The maximum absolute atomic E-state index is 13.1. The molecular formula is C43H52BrN9O7S. The molecule has 1 aromatic heterocycles. The fourth-order valence-corrected chi connectivity index (χ4v) is 9.49. The first kappa shape index (κ1) is 45.2. The van der Waals surface area contributed by atoms with Gasteiger partial charge in [0.15, 0.2) is 0 Å². The van der Waals surface area contributed by atoms with Crippen molar-refractivity contribution < 1.29 is 32.4 Å². The van der Waals surface area contributed by atoms with Crippen molar-refractivity contribution in [2.45, 2.75) is 103 Å². The Morgan fingerprint density at radius 1 is 1.00 bits per heavy atom. The van der Waals surface area contributed by atoms with Gasteiger partial charge in [-0.2, -0.15) is 4.98 Å². The summed E-state index contributed by atoms with van der Waals surface area (Å²) in [5.74, 6) is 5.42. The first-order valence-electron chi connectivity index (χ1n) is 20.8. The highest BCUT2D eigenvalue weighted by molar-refractivity contribution is 9.10. The number of halogens is 1. The van der Waals surface area contributed by atoms with Gasteiger partial charge in [0.25, 0.3) is 11.8 Å². The minimum Gasteiger partial charge on any atom is -0.366 e. The Balaban J connectivity index is 0.820. The van der Waals surface area contributed by atoms with Gasteiger partial charge in [-0.3, -0.25) is 29.3 Å². The van der Waals surface area contributed by atoms with E-state index < -0.39 is 27.9 Å². The van der Waals surface area contributed by atoms with Crippen LogP contribution >= 0.6 is 15.9 Å². The normalized spacial score (nSPS) is 17.0. The Bertz CT molecular complexity index is 2320. The van der Waals surface area contributed by atoms with Crippen LogP contribution in [-0.4, -0.2) is 94.6 Å². The van der Waals surface area contributed by atoms with Crippen LogP contribution in [0.15, 0.2) is 47.1 Å². The van der Waals surface area contributed by atoms with Crippen LogP contribution in [-0.2, 0) is 31.0 Å². The molecule has 1 atom stereocenters. The molecule has 2 fully saturated rings. The number of benzene rings is 2. The molecule has 0 aliphatic carbocycles. The predicted octanol–water partition coefficient (Wildman–Crippen LogP) is 4.65. The summed E-state index contributed by atoms with van der Waals surface area (Å²) in [5, 5.41) is 11.6. The highest BCUT2D eigenvalue weighted by Crippen LogP contribution is 2.31.